The molecule has 0 bridgehead atoms. The average Bonchev–Trinajstić information content (AvgIpc) is 2.85. The van der Waals surface area contributed by atoms with E-state index in [-0.39, 0.29) is 23.9 Å². The van der Waals surface area contributed by atoms with E-state index in [1.54, 1.807) is 31.2 Å². The van der Waals surface area contributed by atoms with Gasteiger partial charge in [-0.25, -0.2) is 0 Å². The van der Waals surface area contributed by atoms with E-state index in [2.05, 4.69) is 0 Å². The second-order valence-corrected chi connectivity index (χ2v) is 5.34. The lowest BCUT2D eigenvalue weighted by Gasteiger charge is -2.04. The standard InChI is InChI=1S/C19H16O4/c1-3-18(20)22-14-8-9-15-16(11-14)23-17(19(15)21)10-13-6-4-12(2)5-7-13/h4-11H,3H2,1-2H3. The highest BCUT2D eigenvalue weighted by atomic mass is 16.5. The van der Waals surface area contributed by atoms with Gasteiger partial charge < -0.3 is 9.47 Å². The number of allylic oxidation sites excluding steroid dienone is 1. The van der Waals surface area contributed by atoms with Gasteiger partial charge in [-0.05, 0) is 30.7 Å². The van der Waals surface area contributed by atoms with Gasteiger partial charge >= 0.3 is 5.97 Å². The van der Waals surface area contributed by atoms with Crippen molar-refractivity contribution >= 4 is 17.8 Å². The van der Waals surface area contributed by atoms with Gasteiger partial charge in [0.05, 0.1) is 5.56 Å². The van der Waals surface area contributed by atoms with Gasteiger partial charge in [-0.15, -0.1) is 0 Å². The summed E-state index contributed by atoms with van der Waals surface area (Å²) < 4.78 is 10.8. The lowest BCUT2D eigenvalue weighted by atomic mass is 10.1. The molecular weight excluding hydrogens is 292 g/mol. The first-order valence-electron chi connectivity index (χ1n) is 7.42. The molecule has 0 spiro atoms. The molecule has 2 aromatic rings. The lowest BCUT2D eigenvalue weighted by Crippen LogP contribution is -2.05. The van der Waals surface area contributed by atoms with Crippen molar-refractivity contribution in [1.82, 2.24) is 0 Å². The molecule has 0 aliphatic carbocycles. The number of Topliss-reactive ketones (excluding diaryl/α,β-unsaturated/α-hetero) is 1. The maximum absolute atomic E-state index is 12.4. The zero-order valence-corrected chi connectivity index (χ0v) is 13.0. The molecule has 1 aliphatic rings. The first kappa shape index (κ1) is 15.0. The SMILES string of the molecule is CCC(=O)Oc1ccc2c(c1)OC(=Cc1ccc(C)cc1)C2=O. The summed E-state index contributed by atoms with van der Waals surface area (Å²) in [5.74, 6) is 0.552. The van der Waals surface area contributed by atoms with E-state index in [9.17, 15) is 9.59 Å². The van der Waals surface area contributed by atoms with Crippen molar-refractivity contribution in [1.29, 1.82) is 0 Å². The Labute approximate surface area is 134 Å². The van der Waals surface area contributed by atoms with Crippen LogP contribution in [-0.4, -0.2) is 11.8 Å². The van der Waals surface area contributed by atoms with Gasteiger partial charge in [0.1, 0.15) is 11.5 Å². The number of aryl methyl sites for hydroxylation is 1. The fourth-order valence-electron chi connectivity index (χ4n) is 2.25. The molecule has 4 nitrogen and oxygen atoms in total. The lowest BCUT2D eigenvalue weighted by molar-refractivity contribution is -0.134. The molecule has 0 aromatic heterocycles. The van der Waals surface area contributed by atoms with Crippen LogP contribution in [0.25, 0.3) is 6.08 Å². The number of ether oxygens (including phenoxy) is 2. The predicted molar refractivity (Wildman–Crippen MR) is 86.5 cm³/mol. The van der Waals surface area contributed by atoms with E-state index in [0.29, 0.717) is 17.1 Å². The summed E-state index contributed by atoms with van der Waals surface area (Å²) in [7, 11) is 0. The van der Waals surface area contributed by atoms with E-state index in [1.165, 1.54) is 0 Å². The number of hydrogen-bond acceptors (Lipinski definition) is 4. The summed E-state index contributed by atoms with van der Waals surface area (Å²) in [5.41, 5.74) is 2.51. The smallest absolute Gasteiger partial charge is 0.310 e. The van der Waals surface area contributed by atoms with Crippen molar-refractivity contribution in [3.63, 3.8) is 0 Å². The summed E-state index contributed by atoms with van der Waals surface area (Å²) in [5, 5.41) is 0. The van der Waals surface area contributed by atoms with Gasteiger partial charge in [0.2, 0.25) is 5.78 Å². The highest BCUT2D eigenvalue weighted by Gasteiger charge is 2.27. The van der Waals surface area contributed by atoms with Crippen LogP contribution in [0.1, 0.15) is 34.8 Å². The maximum Gasteiger partial charge on any atom is 0.310 e. The molecule has 1 heterocycles. The maximum atomic E-state index is 12.4. The second-order valence-electron chi connectivity index (χ2n) is 5.34. The third kappa shape index (κ3) is 3.16. The van der Waals surface area contributed by atoms with E-state index in [4.69, 9.17) is 9.47 Å². The molecule has 23 heavy (non-hydrogen) atoms. The molecule has 0 N–H and O–H groups in total. The van der Waals surface area contributed by atoms with Crippen LogP contribution in [0.15, 0.2) is 48.2 Å². The van der Waals surface area contributed by atoms with Gasteiger partial charge in [0.25, 0.3) is 0 Å². The normalized spacial score (nSPS) is 14.5. The monoisotopic (exact) mass is 308 g/mol. The van der Waals surface area contributed by atoms with Crippen molar-refractivity contribution in [3.05, 3.63) is 64.9 Å². The minimum atomic E-state index is -0.329. The largest absolute Gasteiger partial charge is 0.452 e. The van der Waals surface area contributed by atoms with E-state index < -0.39 is 0 Å². The van der Waals surface area contributed by atoms with Crippen LogP contribution < -0.4 is 9.47 Å². The quantitative estimate of drug-likeness (QED) is 0.490. The Morgan fingerprint density at radius 1 is 1.17 bits per heavy atom. The summed E-state index contributed by atoms with van der Waals surface area (Å²) in [6.07, 6.45) is 1.99. The number of fused-ring (bicyclic) bond motifs is 1. The summed E-state index contributed by atoms with van der Waals surface area (Å²) in [6.45, 7) is 3.72. The van der Waals surface area contributed by atoms with Crippen molar-refractivity contribution in [2.45, 2.75) is 20.3 Å². The molecule has 1 aliphatic heterocycles. The Balaban J connectivity index is 1.86. The highest BCUT2D eigenvalue weighted by Crippen LogP contribution is 2.35. The van der Waals surface area contributed by atoms with Gasteiger partial charge in [-0.3, -0.25) is 9.59 Å². The Kier molecular flexibility index (Phi) is 3.98. The Morgan fingerprint density at radius 2 is 1.91 bits per heavy atom. The van der Waals surface area contributed by atoms with Crippen LogP contribution >= 0.6 is 0 Å². The Hall–Kier alpha value is -2.88. The second kappa shape index (κ2) is 6.08. The van der Waals surface area contributed by atoms with Crippen LogP contribution in [-0.2, 0) is 4.79 Å². The summed E-state index contributed by atoms with van der Waals surface area (Å²) in [4.78, 5) is 23.7. The number of esters is 1. The molecule has 0 unspecified atom stereocenters. The molecular formula is C19H16O4. The number of rotatable bonds is 3. The van der Waals surface area contributed by atoms with Gasteiger partial charge in [-0.2, -0.15) is 0 Å². The number of hydrogen-bond donors (Lipinski definition) is 0. The predicted octanol–water partition coefficient (Wildman–Crippen LogP) is 3.93. The average molecular weight is 308 g/mol. The minimum Gasteiger partial charge on any atom is -0.452 e. The fourth-order valence-corrected chi connectivity index (χ4v) is 2.25. The number of benzene rings is 2. The summed E-state index contributed by atoms with van der Waals surface area (Å²) in [6, 6.07) is 12.6. The topological polar surface area (TPSA) is 52.6 Å². The third-order valence-corrected chi connectivity index (χ3v) is 3.54. The molecule has 116 valence electrons. The molecule has 0 fully saturated rings. The van der Waals surface area contributed by atoms with Crippen LogP contribution in [0.5, 0.6) is 11.5 Å². The van der Waals surface area contributed by atoms with Crippen LogP contribution in [0.2, 0.25) is 0 Å². The highest BCUT2D eigenvalue weighted by molar-refractivity contribution is 6.14. The van der Waals surface area contributed by atoms with Crippen molar-refractivity contribution in [3.8, 4) is 11.5 Å². The molecule has 0 amide bonds. The van der Waals surface area contributed by atoms with Gasteiger partial charge in [0.15, 0.2) is 5.76 Å². The van der Waals surface area contributed by atoms with Gasteiger partial charge in [0, 0.05) is 12.5 Å². The zero-order chi connectivity index (χ0) is 16.4. The van der Waals surface area contributed by atoms with Crippen LogP contribution in [0.3, 0.4) is 0 Å². The van der Waals surface area contributed by atoms with E-state index >= 15 is 0 Å². The van der Waals surface area contributed by atoms with Crippen LogP contribution in [0, 0.1) is 6.92 Å². The third-order valence-electron chi connectivity index (χ3n) is 3.54. The fraction of sp³-hybridized carbons (Fsp3) is 0.158. The summed E-state index contributed by atoms with van der Waals surface area (Å²) >= 11 is 0. The molecule has 2 aromatic carbocycles. The molecule has 4 heteroatoms. The van der Waals surface area contributed by atoms with Crippen LogP contribution in [0.4, 0.5) is 0 Å². The molecule has 0 atom stereocenters. The number of ketones is 1. The zero-order valence-electron chi connectivity index (χ0n) is 13.0. The van der Waals surface area contributed by atoms with E-state index in [0.717, 1.165) is 11.1 Å². The Morgan fingerprint density at radius 3 is 2.61 bits per heavy atom. The first-order valence-corrected chi connectivity index (χ1v) is 7.42. The number of carbonyl (C=O) groups is 2. The molecule has 0 radical (unpaired) electrons. The van der Waals surface area contributed by atoms with E-state index in [1.807, 2.05) is 31.2 Å². The van der Waals surface area contributed by atoms with Crippen molar-refractivity contribution in [2.24, 2.45) is 0 Å². The van der Waals surface area contributed by atoms with Crippen molar-refractivity contribution < 1.29 is 19.1 Å². The first-order chi connectivity index (χ1) is 11.1. The molecule has 0 saturated carbocycles. The number of carbonyl (C=O) groups excluding carboxylic acids is 2. The van der Waals surface area contributed by atoms with Crippen molar-refractivity contribution in [2.75, 3.05) is 0 Å². The van der Waals surface area contributed by atoms with Gasteiger partial charge in [-0.1, -0.05) is 36.8 Å². The molecule has 0 saturated heterocycles. The molecule has 3 rings (SSSR count). The Bertz CT molecular complexity index is 801. The minimum absolute atomic E-state index is 0.172.